The third-order valence-electron chi connectivity index (χ3n) is 3.77. The van der Waals surface area contributed by atoms with Crippen LogP contribution in [0.4, 0.5) is 5.69 Å². The van der Waals surface area contributed by atoms with Crippen molar-refractivity contribution in [2.75, 3.05) is 31.1 Å². The SMILES string of the molecule is Cc1nc(-c2cccc(O)c2)nc(C)c1N1CCNCC1. The highest BCUT2D eigenvalue weighted by atomic mass is 16.3. The molecule has 2 aromatic rings. The maximum Gasteiger partial charge on any atom is 0.159 e. The summed E-state index contributed by atoms with van der Waals surface area (Å²) in [6.45, 7) is 8.00. The summed E-state index contributed by atoms with van der Waals surface area (Å²) in [6, 6.07) is 7.07. The Hall–Kier alpha value is -2.14. The summed E-state index contributed by atoms with van der Waals surface area (Å²) in [5.41, 5.74) is 3.96. The van der Waals surface area contributed by atoms with Crippen molar-refractivity contribution in [3.05, 3.63) is 35.7 Å². The molecular formula is C16H20N4O. The fourth-order valence-corrected chi connectivity index (χ4v) is 2.83. The maximum absolute atomic E-state index is 9.60. The molecule has 0 unspecified atom stereocenters. The predicted octanol–water partition coefficient (Wildman–Crippen LogP) is 1.88. The van der Waals surface area contributed by atoms with Crippen LogP contribution >= 0.6 is 0 Å². The number of hydrogen-bond donors (Lipinski definition) is 2. The van der Waals surface area contributed by atoms with E-state index in [1.807, 2.05) is 26.0 Å². The van der Waals surface area contributed by atoms with E-state index in [-0.39, 0.29) is 5.75 Å². The second-order valence-corrected chi connectivity index (χ2v) is 5.35. The number of aryl methyl sites for hydroxylation is 2. The summed E-state index contributed by atoms with van der Waals surface area (Å²) in [4.78, 5) is 11.6. The number of aromatic hydroxyl groups is 1. The fraction of sp³-hybridized carbons (Fsp3) is 0.375. The van der Waals surface area contributed by atoms with Gasteiger partial charge in [-0.15, -0.1) is 0 Å². The van der Waals surface area contributed by atoms with Gasteiger partial charge < -0.3 is 15.3 Å². The number of anilines is 1. The Morgan fingerprint density at radius 2 is 1.76 bits per heavy atom. The first-order valence-corrected chi connectivity index (χ1v) is 7.25. The first kappa shape index (κ1) is 13.8. The molecule has 0 bridgehead atoms. The highest BCUT2D eigenvalue weighted by Gasteiger charge is 2.18. The van der Waals surface area contributed by atoms with E-state index in [4.69, 9.17) is 0 Å². The van der Waals surface area contributed by atoms with Crippen LogP contribution < -0.4 is 10.2 Å². The molecule has 0 radical (unpaired) electrons. The molecule has 2 N–H and O–H groups in total. The van der Waals surface area contributed by atoms with Gasteiger partial charge in [0.1, 0.15) is 5.75 Å². The third kappa shape index (κ3) is 2.83. The summed E-state index contributed by atoms with van der Waals surface area (Å²) < 4.78 is 0. The molecule has 2 heterocycles. The Labute approximate surface area is 124 Å². The molecule has 1 saturated heterocycles. The van der Waals surface area contributed by atoms with Gasteiger partial charge in [0.2, 0.25) is 0 Å². The summed E-state index contributed by atoms with van der Waals surface area (Å²) >= 11 is 0. The summed E-state index contributed by atoms with van der Waals surface area (Å²) in [5.74, 6) is 0.900. The molecule has 1 aromatic carbocycles. The minimum absolute atomic E-state index is 0.234. The Balaban J connectivity index is 1.99. The van der Waals surface area contributed by atoms with Crippen LogP contribution in [-0.2, 0) is 0 Å². The minimum atomic E-state index is 0.234. The fourth-order valence-electron chi connectivity index (χ4n) is 2.83. The van der Waals surface area contributed by atoms with E-state index in [1.165, 1.54) is 0 Å². The molecule has 1 aliphatic rings. The van der Waals surface area contributed by atoms with Crippen molar-refractivity contribution in [3.63, 3.8) is 0 Å². The van der Waals surface area contributed by atoms with Gasteiger partial charge in [-0.25, -0.2) is 9.97 Å². The smallest absolute Gasteiger partial charge is 0.159 e. The first-order chi connectivity index (χ1) is 10.1. The molecule has 110 valence electrons. The predicted molar refractivity (Wildman–Crippen MR) is 83.7 cm³/mol. The molecule has 3 rings (SSSR count). The monoisotopic (exact) mass is 284 g/mol. The van der Waals surface area contributed by atoms with Crippen LogP contribution in [0.15, 0.2) is 24.3 Å². The second-order valence-electron chi connectivity index (χ2n) is 5.35. The molecule has 5 heteroatoms. The van der Waals surface area contributed by atoms with Gasteiger partial charge in [-0.2, -0.15) is 0 Å². The lowest BCUT2D eigenvalue weighted by Gasteiger charge is -2.31. The number of benzene rings is 1. The number of hydrogen-bond acceptors (Lipinski definition) is 5. The van der Waals surface area contributed by atoms with E-state index < -0.39 is 0 Å². The van der Waals surface area contributed by atoms with Crippen molar-refractivity contribution in [3.8, 4) is 17.1 Å². The van der Waals surface area contributed by atoms with Crippen molar-refractivity contribution in [2.45, 2.75) is 13.8 Å². The van der Waals surface area contributed by atoms with Gasteiger partial charge in [0.05, 0.1) is 17.1 Å². The molecular weight excluding hydrogens is 264 g/mol. The van der Waals surface area contributed by atoms with Crippen LogP contribution in [0.1, 0.15) is 11.4 Å². The maximum atomic E-state index is 9.60. The molecule has 0 amide bonds. The zero-order valence-corrected chi connectivity index (χ0v) is 12.4. The van der Waals surface area contributed by atoms with Crippen LogP contribution in [-0.4, -0.2) is 41.3 Å². The summed E-state index contributed by atoms with van der Waals surface area (Å²) in [5, 5.41) is 13.0. The van der Waals surface area contributed by atoms with Gasteiger partial charge in [0.25, 0.3) is 0 Å². The molecule has 1 fully saturated rings. The van der Waals surface area contributed by atoms with E-state index in [0.29, 0.717) is 5.82 Å². The number of piperazine rings is 1. The Bertz CT molecular complexity index is 627. The van der Waals surface area contributed by atoms with Crippen molar-refractivity contribution in [2.24, 2.45) is 0 Å². The Morgan fingerprint density at radius 1 is 1.10 bits per heavy atom. The highest BCUT2D eigenvalue weighted by Crippen LogP contribution is 2.27. The van der Waals surface area contributed by atoms with Crippen molar-refractivity contribution in [1.29, 1.82) is 0 Å². The number of nitrogens with zero attached hydrogens (tertiary/aromatic N) is 3. The zero-order chi connectivity index (χ0) is 14.8. The quantitative estimate of drug-likeness (QED) is 0.881. The minimum Gasteiger partial charge on any atom is -0.508 e. The molecule has 1 aromatic heterocycles. The average Bonchev–Trinajstić information content (AvgIpc) is 2.47. The number of aromatic nitrogens is 2. The molecule has 0 spiro atoms. The van der Waals surface area contributed by atoms with E-state index in [2.05, 4.69) is 20.2 Å². The van der Waals surface area contributed by atoms with E-state index in [1.54, 1.807) is 12.1 Å². The van der Waals surface area contributed by atoms with Gasteiger partial charge in [0.15, 0.2) is 5.82 Å². The number of nitrogens with one attached hydrogen (secondary N) is 1. The van der Waals surface area contributed by atoms with Crippen molar-refractivity contribution < 1.29 is 5.11 Å². The van der Waals surface area contributed by atoms with Gasteiger partial charge in [-0.05, 0) is 26.0 Å². The normalized spacial score (nSPS) is 15.2. The molecule has 0 aliphatic carbocycles. The average molecular weight is 284 g/mol. The topological polar surface area (TPSA) is 61.3 Å². The van der Waals surface area contributed by atoms with Crippen LogP contribution in [0, 0.1) is 13.8 Å². The molecule has 0 atom stereocenters. The molecule has 0 saturated carbocycles. The van der Waals surface area contributed by atoms with Gasteiger partial charge in [0, 0.05) is 31.7 Å². The van der Waals surface area contributed by atoms with Crippen LogP contribution in [0.5, 0.6) is 5.75 Å². The molecule has 5 nitrogen and oxygen atoms in total. The van der Waals surface area contributed by atoms with Crippen molar-refractivity contribution in [1.82, 2.24) is 15.3 Å². The van der Waals surface area contributed by atoms with Gasteiger partial charge in [-0.3, -0.25) is 0 Å². The lowest BCUT2D eigenvalue weighted by Crippen LogP contribution is -2.44. The third-order valence-corrected chi connectivity index (χ3v) is 3.77. The van der Waals surface area contributed by atoms with Gasteiger partial charge >= 0.3 is 0 Å². The molecule has 1 aliphatic heterocycles. The summed E-state index contributed by atoms with van der Waals surface area (Å²) in [6.07, 6.45) is 0. The number of rotatable bonds is 2. The standard InChI is InChI=1S/C16H20N4O/c1-11-15(20-8-6-17-7-9-20)12(2)19-16(18-11)13-4-3-5-14(21)10-13/h3-5,10,17,21H,6-9H2,1-2H3. The number of phenols is 1. The second kappa shape index (κ2) is 5.69. The van der Waals surface area contributed by atoms with Crippen LogP contribution in [0.3, 0.4) is 0 Å². The van der Waals surface area contributed by atoms with Gasteiger partial charge in [-0.1, -0.05) is 12.1 Å². The van der Waals surface area contributed by atoms with E-state index in [9.17, 15) is 5.11 Å². The van der Waals surface area contributed by atoms with Crippen LogP contribution in [0.25, 0.3) is 11.4 Å². The number of phenolic OH excluding ortho intramolecular Hbond substituents is 1. The first-order valence-electron chi connectivity index (χ1n) is 7.25. The highest BCUT2D eigenvalue weighted by molar-refractivity contribution is 5.62. The lowest BCUT2D eigenvalue weighted by atomic mass is 10.1. The van der Waals surface area contributed by atoms with Crippen LogP contribution in [0.2, 0.25) is 0 Å². The zero-order valence-electron chi connectivity index (χ0n) is 12.4. The Kier molecular flexibility index (Phi) is 3.75. The van der Waals surface area contributed by atoms with E-state index in [0.717, 1.165) is 48.8 Å². The Morgan fingerprint density at radius 3 is 2.38 bits per heavy atom. The van der Waals surface area contributed by atoms with Crippen molar-refractivity contribution >= 4 is 5.69 Å². The van der Waals surface area contributed by atoms with E-state index >= 15 is 0 Å². The summed E-state index contributed by atoms with van der Waals surface area (Å²) in [7, 11) is 0. The molecule has 21 heavy (non-hydrogen) atoms. The largest absolute Gasteiger partial charge is 0.508 e. The lowest BCUT2D eigenvalue weighted by molar-refractivity contribution is 0.475.